The zero-order valence-electron chi connectivity index (χ0n) is 12.8. The molecule has 0 amide bonds. The molecule has 0 aromatic heterocycles. The lowest BCUT2D eigenvalue weighted by Gasteiger charge is -2.15. The van der Waals surface area contributed by atoms with Gasteiger partial charge in [0.25, 0.3) is 0 Å². The molecule has 2 aromatic carbocycles. The molecular formula is C18H22INO. The second kappa shape index (κ2) is 7.80. The molecule has 0 saturated carbocycles. The van der Waals surface area contributed by atoms with Gasteiger partial charge in [-0.2, -0.15) is 0 Å². The Balaban J connectivity index is 2.02. The molecule has 0 heterocycles. The first-order valence-electron chi connectivity index (χ1n) is 7.31. The lowest BCUT2D eigenvalue weighted by Crippen LogP contribution is -2.17. The van der Waals surface area contributed by atoms with Gasteiger partial charge < -0.3 is 10.1 Å². The molecule has 0 radical (unpaired) electrons. The van der Waals surface area contributed by atoms with E-state index in [2.05, 4.69) is 91.1 Å². The van der Waals surface area contributed by atoms with Crippen molar-refractivity contribution in [3.05, 3.63) is 62.7 Å². The lowest BCUT2D eigenvalue weighted by atomic mass is 10.1. The highest BCUT2D eigenvalue weighted by molar-refractivity contribution is 14.1. The predicted octanol–water partition coefficient (Wildman–Crippen LogP) is 4.85. The average molecular weight is 395 g/mol. The number of benzene rings is 2. The molecular weight excluding hydrogens is 373 g/mol. The Morgan fingerprint density at radius 2 is 1.86 bits per heavy atom. The van der Waals surface area contributed by atoms with Crippen molar-refractivity contribution in [2.24, 2.45) is 0 Å². The van der Waals surface area contributed by atoms with E-state index >= 15 is 0 Å². The molecule has 3 heteroatoms. The number of rotatable bonds is 6. The molecule has 21 heavy (non-hydrogen) atoms. The fourth-order valence-electron chi connectivity index (χ4n) is 2.27. The molecule has 0 fully saturated rings. The van der Waals surface area contributed by atoms with Gasteiger partial charge in [0.15, 0.2) is 0 Å². The van der Waals surface area contributed by atoms with Crippen LogP contribution in [-0.4, -0.2) is 6.54 Å². The molecule has 1 unspecified atom stereocenters. The summed E-state index contributed by atoms with van der Waals surface area (Å²) in [6.45, 7) is 8.00. The van der Waals surface area contributed by atoms with Crippen LogP contribution in [0.5, 0.6) is 5.75 Å². The molecule has 2 rings (SSSR count). The molecule has 2 nitrogen and oxygen atoms in total. The number of ether oxygens (including phenoxy) is 1. The maximum Gasteiger partial charge on any atom is 0.122 e. The van der Waals surface area contributed by atoms with Crippen LogP contribution in [0.1, 0.15) is 36.6 Å². The Hall–Kier alpha value is -1.07. The van der Waals surface area contributed by atoms with Gasteiger partial charge in [-0.25, -0.2) is 0 Å². The molecule has 1 N–H and O–H groups in total. The van der Waals surface area contributed by atoms with Gasteiger partial charge in [-0.05, 0) is 77.9 Å². The van der Waals surface area contributed by atoms with Crippen LogP contribution >= 0.6 is 22.6 Å². The van der Waals surface area contributed by atoms with Crippen molar-refractivity contribution in [3.63, 3.8) is 0 Å². The van der Waals surface area contributed by atoms with Crippen molar-refractivity contribution in [1.82, 2.24) is 5.32 Å². The highest BCUT2D eigenvalue weighted by Gasteiger charge is 2.07. The highest BCUT2D eigenvalue weighted by atomic mass is 127. The fraction of sp³-hybridized carbons (Fsp3) is 0.333. The molecule has 0 aliphatic carbocycles. The Morgan fingerprint density at radius 1 is 1.14 bits per heavy atom. The number of nitrogens with one attached hydrogen (secondary N) is 1. The molecule has 2 aromatic rings. The standard InChI is InChI=1S/C18H22INO/c1-4-20-14(3)16-7-10-18(13(2)11-16)21-12-15-5-8-17(19)9-6-15/h5-11,14,20H,4,12H2,1-3H3. The van der Waals surface area contributed by atoms with E-state index in [0.29, 0.717) is 12.6 Å². The SMILES string of the molecule is CCNC(C)c1ccc(OCc2ccc(I)cc2)c(C)c1. The van der Waals surface area contributed by atoms with Crippen LogP contribution in [0.25, 0.3) is 0 Å². The largest absolute Gasteiger partial charge is 0.489 e. The third-order valence-corrected chi connectivity index (χ3v) is 4.24. The summed E-state index contributed by atoms with van der Waals surface area (Å²) in [6.07, 6.45) is 0. The summed E-state index contributed by atoms with van der Waals surface area (Å²) in [7, 11) is 0. The zero-order valence-corrected chi connectivity index (χ0v) is 15.0. The Kier molecular flexibility index (Phi) is 6.06. The van der Waals surface area contributed by atoms with Gasteiger partial charge in [0.1, 0.15) is 12.4 Å². The predicted molar refractivity (Wildman–Crippen MR) is 96.8 cm³/mol. The lowest BCUT2D eigenvalue weighted by molar-refractivity contribution is 0.304. The first-order chi connectivity index (χ1) is 10.1. The number of halogens is 1. The minimum atomic E-state index is 0.374. The summed E-state index contributed by atoms with van der Waals surface area (Å²) >= 11 is 2.31. The normalized spacial score (nSPS) is 12.2. The van der Waals surface area contributed by atoms with Crippen LogP contribution in [0.2, 0.25) is 0 Å². The summed E-state index contributed by atoms with van der Waals surface area (Å²) in [5, 5.41) is 3.43. The van der Waals surface area contributed by atoms with Crippen molar-refractivity contribution in [2.45, 2.75) is 33.4 Å². The van der Waals surface area contributed by atoms with Gasteiger partial charge in [0.2, 0.25) is 0 Å². The molecule has 0 spiro atoms. The fourth-order valence-corrected chi connectivity index (χ4v) is 2.63. The van der Waals surface area contributed by atoms with E-state index in [1.807, 2.05) is 0 Å². The highest BCUT2D eigenvalue weighted by Crippen LogP contribution is 2.23. The van der Waals surface area contributed by atoms with E-state index in [1.54, 1.807) is 0 Å². The second-order valence-corrected chi connectivity index (χ2v) is 6.47. The van der Waals surface area contributed by atoms with Crippen molar-refractivity contribution < 1.29 is 4.74 Å². The molecule has 0 saturated heterocycles. The molecule has 1 atom stereocenters. The van der Waals surface area contributed by atoms with Gasteiger partial charge in [0.05, 0.1) is 0 Å². The molecule has 112 valence electrons. The second-order valence-electron chi connectivity index (χ2n) is 5.22. The summed E-state index contributed by atoms with van der Waals surface area (Å²) in [6, 6.07) is 15.2. The number of hydrogen-bond donors (Lipinski definition) is 1. The van der Waals surface area contributed by atoms with Crippen molar-refractivity contribution in [3.8, 4) is 5.75 Å². The van der Waals surface area contributed by atoms with Crippen LogP contribution in [-0.2, 0) is 6.61 Å². The van der Waals surface area contributed by atoms with Crippen molar-refractivity contribution in [1.29, 1.82) is 0 Å². The minimum Gasteiger partial charge on any atom is -0.489 e. The van der Waals surface area contributed by atoms with Gasteiger partial charge in [-0.3, -0.25) is 0 Å². The monoisotopic (exact) mass is 395 g/mol. The van der Waals surface area contributed by atoms with E-state index in [1.165, 1.54) is 20.3 Å². The summed E-state index contributed by atoms with van der Waals surface area (Å²) in [5.41, 5.74) is 3.68. The Labute approximate surface area is 141 Å². The Bertz CT molecular complexity index is 580. The quantitative estimate of drug-likeness (QED) is 0.707. The number of aryl methyl sites for hydroxylation is 1. The van der Waals surface area contributed by atoms with Crippen molar-refractivity contribution in [2.75, 3.05) is 6.54 Å². The van der Waals surface area contributed by atoms with Gasteiger partial charge in [-0.15, -0.1) is 0 Å². The summed E-state index contributed by atoms with van der Waals surface area (Å²) < 4.78 is 7.18. The number of hydrogen-bond acceptors (Lipinski definition) is 2. The van der Waals surface area contributed by atoms with Crippen LogP contribution < -0.4 is 10.1 Å². The summed E-state index contributed by atoms with van der Waals surface area (Å²) in [5.74, 6) is 0.959. The third kappa shape index (κ3) is 4.71. The average Bonchev–Trinajstić information content (AvgIpc) is 2.48. The third-order valence-electron chi connectivity index (χ3n) is 3.52. The van der Waals surface area contributed by atoms with Gasteiger partial charge in [-0.1, -0.05) is 31.2 Å². The summed E-state index contributed by atoms with van der Waals surface area (Å²) in [4.78, 5) is 0. The van der Waals surface area contributed by atoms with Gasteiger partial charge in [0, 0.05) is 9.61 Å². The maximum absolute atomic E-state index is 5.93. The van der Waals surface area contributed by atoms with E-state index in [-0.39, 0.29) is 0 Å². The minimum absolute atomic E-state index is 0.374. The van der Waals surface area contributed by atoms with Crippen molar-refractivity contribution >= 4 is 22.6 Å². The Morgan fingerprint density at radius 3 is 2.48 bits per heavy atom. The first kappa shape index (κ1) is 16.3. The van der Waals surface area contributed by atoms with E-state index < -0.39 is 0 Å². The van der Waals surface area contributed by atoms with Gasteiger partial charge >= 0.3 is 0 Å². The molecule has 0 aliphatic rings. The van der Waals surface area contributed by atoms with E-state index in [0.717, 1.165) is 12.3 Å². The van der Waals surface area contributed by atoms with E-state index in [9.17, 15) is 0 Å². The van der Waals surface area contributed by atoms with Crippen LogP contribution in [0.4, 0.5) is 0 Å². The topological polar surface area (TPSA) is 21.3 Å². The molecule has 0 bridgehead atoms. The maximum atomic E-state index is 5.93. The zero-order chi connectivity index (χ0) is 15.2. The van der Waals surface area contributed by atoms with Crippen LogP contribution in [0.15, 0.2) is 42.5 Å². The first-order valence-corrected chi connectivity index (χ1v) is 8.39. The smallest absolute Gasteiger partial charge is 0.122 e. The van der Waals surface area contributed by atoms with Crippen LogP contribution in [0.3, 0.4) is 0 Å². The van der Waals surface area contributed by atoms with Crippen LogP contribution in [0, 0.1) is 10.5 Å². The van der Waals surface area contributed by atoms with E-state index in [4.69, 9.17) is 4.74 Å². The molecule has 0 aliphatic heterocycles.